The second kappa shape index (κ2) is 12.1. The summed E-state index contributed by atoms with van der Waals surface area (Å²) in [7, 11) is 0. The highest BCUT2D eigenvalue weighted by Crippen LogP contribution is 2.48. The molecule has 0 atom stereocenters. The van der Waals surface area contributed by atoms with E-state index in [-0.39, 0.29) is 0 Å². The van der Waals surface area contributed by atoms with E-state index in [0.717, 1.165) is 35.6 Å². The average Bonchev–Trinajstić information content (AvgIpc) is 3.10. The maximum atomic E-state index is 3.75. The first-order chi connectivity index (χ1) is 21.8. The van der Waals surface area contributed by atoms with Gasteiger partial charge in [0.2, 0.25) is 0 Å². The van der Waals surface area contributed by atoms with Gasteiger partial charge >= 0.3 is 0 Å². The zero-order valence-corrected chi connectivity index (χ0v) is 25.3. The van der Waals surface area contributed by atoms with E-state index in [1.165, 1.54) is 54.6 Å². The lowest BCUT2D eigenvalue weighted by Crippen LogP contribution is -1.99. The second-order valence-electron chi connectivity index (χ2n) is 11.0. The zero-order chi connectivity index (χ0) is 29.9. The highest BCUT2D eigenvalue weighted by molar-refractivity contribution is 6.32. The molecule has 44 heavy (non-hydrogen) atoms. The molecule has 7 aromatic rings. The molecule has 8 rings (SSSR count). The highest BCUT2D eigenvalue weighted by Gasteiger charge is 2.21. The van der Waals surface area contributed by atoms with E-state index >= 15 is 0 Å². The fourth-order valence-electron chi connectivity index (χ4n) is 6.49. The average molecular weight is 569 g/mol. The zero-order valence-electron chi connectivity index (χ0n) is 25.3. The van der Waals surface area contributed by atoms with E-state index in [9.17, 15) is 0 Å². The van der Waals surface area contributed by atoms with Crippen LogP contribution in [-0.4, -0.2) is 0 Å². The number of hydrogen-bond donors (Lipinski definition) is 2. The van der Waals surface area contributed by atoms with Gasteiger partial charge in [-0.1, -0.05) is 111 Å². The number of rotatable bonds is 6. The van der Waals surface area contributed by atoms with Crippen molar-refractivity contribution >= 4 is 60.6 Å². The molecule has 0 unspecified atom stereocenters. The molecule has 0 heterocycles. The standard InChI is InChI=1S/C40H30N2.C2H6/c1-5-13-27(14-6-1)33-25-35-37(41-29-17-9-3-10-18-29)24-22-32-34(28-15-7-2-8-16-28)26-36-38(42-30-19-11-4-12-20-30)23-21-31(33)39(36)40(32)35;1-2/h1-7,9-15,17-26,41-42H,8,16H2;1-2H3. The minimum Gasteiger partial charge on any atom is -0.355 e. The van der Waals surface area contributed by atoms with Crippen molar-refractivity contribution in [3.63, 3.8) is 0 Å². The van der Waals surface area contributed by atoms with E-state index in [1.54, 1.807) is 0 Å². The monoisotopic (exact) mass is 568 g/mol. The van der Waals surface area contributed by atoms with Gasteiger partial charge in [0.25, 0.3) is 0 Å². The van der Waals surface area contributed by atoms with Crippen molar-refractivity contribution in [3.8, 4) is 11.1 Å². The van der Waals surface area contributed by atoms with Crippen molar-refractivity contribution in [1.29, 1.82) is 0 Å². The minimum absolute atomic E-state index is 1.04. The van der Waals surface area contributed by atoms with Gasteiger partial charge in [-0.15, -0.1) is 0 Å². The van der Waals surface area contributed by atoms with Crippen LogP contribution >= 0.6 is 0 Å². The normalized spacial score (nSPS) is 12.6. The van der Waals surface area contributed by atoms with Crippen molar-refractivity contribution < 1.29 is 0 Å². The first-order valence-corrected chi connectivity index (χ1v) is 15.7. The van der Waals surface area contributed by atoms with E-state index < -0.39 is 0 Å². The van der Waals surface area contributed by atoms with Crippen LogP contribution in [-0.2, 0) is 0 Å². The number of para-hydroxylation sites is 2. The van der Waals surface area contributed by atoms with Crippen molar-refractivity contribution in [2.75, 3.05) is 10.6 Å². The summed E-state index contributed by atoms with van der Waals surface area (Å²) < 4.78 is 0. The van der Waals surface area contributed by atoms with Gasteiger partial charge in [0.05, 0.1) is 0 Å². The number of nitrogens with one attached hydrogen (secondary N) is 2. The van der Waals surface area contributed by atoms with Crippen LogP contribution in [0.4, 0.5) is 22.7 Å². The van der Waals surface area contributed by atoms with Crippen LogP contribution in [0.15, 0.2) is 146 Å². The molecule has 2 N–H and O–H groups in total. The van der Waals surface area contributed by atoms with E-state index in [2.05, 4.69) is 156 Å². The van der Waals surface area contributed by atoms with Crippen molar-refractivity contribution in [1.82, 2.24) is 0 Å². The molecule has 0 aromatic heterocycles. The Hall–Kier alpha value is -5.34. The van der Waals surface area contributed by atoms with E-state index in [1.807, 2.05) is 13.8 Å². The fourth-order valence-corrected chi connectivity index (χ4v) is 6.49. The molecule has 1 aliphatic rings. The topological polar surface area (TPSA) is 24.1 Å². The van der Waals surface area contributed by atoms with Crippen LogP contribution in [0.25, 0.3) is 49.0 Å². The molecular formula is C42H36N2. The first kappa shape index (κ1) is 27.5. The van der Waals surface area contributed by atoms with Gasteiger partial charge in [-0.05, 0) is 94.4 Å². The Bertz CT molecular complexity index is 2110. The SMILES string of the molecule is C1=CCCC(c2cc3c(Nc4ccccc4)ccc4c(-c5ccccc5)cc5c(Nc6ccccc6)ccc2c5c34)=C1.CC. The predicted octanol–water partition coefficient (Wildman–Crippen LogP) is 12.5. The Balaban J connectivity index is 0.00000153. The van der Waals surface area contributed by atoms with Crippen LogP contribution < -0.4 is 10.6 Å². The molecule has 214 valence electrons. The maximum absolute atomic E-state index is 3.75. The summed E-state index contributed by atoms with van der Waals surface area (Å²) in [5.74, 6) is 0. The lowest BCUT2D eigenvalue weighted by Gasteiger charge is -2.23. The van der Waals surface area contributed by atoms with Gasteiger partial charge in [-0.2, -0.15) is 0 Å². The Morgan fingerprint density at radius 3 is 1.52 bits per heavy atom. The lowest BCUT2D eigenvalue weighted by atomic mass is 9.83. The third-order valence-electron chi connectivity index (χ3n) is 8.45. The molecular weight excluding hydrogens is 532 g/mol. The second-order valence-corrected chi connectivity index (χ2v) is 11.0. The third kappa shape index (κ3) is 4.99. The highest BCUT2D eigenvalue weighted by atomic mass is 14.9. The smallest absolute Gasteiger partial charge is 0.0464 e. The van der Waals surface area contributed by atoms with Crippen LogP contribution in [0.3, 0.4) is 0 Å². The molecule has 0 saturated heterocycles. The van der Waals surface area contributed by atoms with Crippen molar-refractivity contribution in [3.05, 3.63) is 151 Å². The van der Waals surface area contributed by atoms with Crippen molar-refractivity contribution in [2.24, 2.45) is 0 Å². The predicted molar refractivity (Wildman–Crippen MR) is 193 cm³/mol. The van der Waals surface area contributed by atoms with Crippen molar-refractivity contribution in [2.45, 2.75) is 26.7 Å². The summed E-state index contributed by atoms with van der Waals surface area (Å²) in [6.07, 6.45) is 8.88. The van der Waals surface area contributed by atoms with Crippen LogP contribution in [0.2, 0.25) is 0 Å². The van der Waals surface area contributed by atoms with E-state index in [0.29, 0.717) is 0 Å². The Labute approximate surface area is 259 Å². The van der Waals surface area contributed by atoms with E-state index in [4.69, 9.17) is 0 Å². The third-order valence-corrected chi connectivity index (χ3v) is 8.45. The minimum atomic E-state index is 1.04. The molecule has 1 aliphatic carbocycles. The number of hydrogen-bond acceptors (Lipinski definition) is 2. The van der Waals surface area contributed by atoms with Gasteiger partial charge < -0.3 is 10.6 Å². The maximum Gasteiger partial charge on any atom is 0.0464 e. The molecule has 0 saturated carbocycles. The molecule has 0 aliphatic heterocycles. The first-order valence-electron chi connectivity index (χ1n) is 15.7. The quantitative estimate of drug-likeness (QED) is 0.195. The molecule has 2 nitrogen and oxygen atoms in total. The van der Waals surface area contributed by atoms with Crippen LogP contribution in [0.5, 0.6) is 0 Å². The molecule has 0 radical (unpaired) electrons. The van der Waals surface area contributed by atoms with Gasteiger partial charge in [0.1, 0.15) is 0 Å². The summed E-state index contributed by atoms with van der Waals surface area (Å²) in [6.45, 7) is 4.00. The number of allylic oxidation sites excluding steroid dienone is 4. The Kier molecular flexibility index (Phi) is 7.56. The van der Waals surface area contributed by atoms with Gasteiger partial charge in [-0.25, -0.2) is 0 Å². The van der Waals surface area contributed by atoms with Crippen LogP contribution in [0.1, 0.15) is 32.3 Å². The lowest BCUT2D eigenvalue weighted by molar-refractivity contribution is 1.06. The summed E-state index contributed by atoms with van der Waals surface area (Å²) in [5, 5.41) is 15.2. The summed E-state index contributed by atoms with van der Waals surface area (Å²) in [6, 6.07) is 45.7. The molecule has 0 spiro atoms. The molecule has 0 fully saturated rings. The van der Waals surface area contributed by atoms with Gasteiger partial charge in [0.15, 0.2) is 0 Å². The number of benzene rings is 7. The molecule has 0 amide bonds. The van der Waals surface area contributed by atoms with Gasteiger partial charge in [-0.3, -0.25) is 0 Å². The summed E-state index contributed by atoms with van der Waals surface area (Å²) >= 11 is 0. The molecule has 7 aromatic carbocycles. The largest absolute Gasteiger partial charge is 0.355 e. The summed E-state index contributed by atoms with van der Waals surface area (Å²) in [4.78, 5) is 0. The molecule has 2 heteroatoms. The van der Waals surface area contributed by atoms with Crippen LogP contribution in [0, 0.1) is 0 Å². The number of anilines is 4. The Morgan fingerprint density at radius 1 is 0.500 bits per heavy atom. The Morgan fingerprint density at radius 2 is 1.00 bits per heavy atom. The summed E-state index contributed by atoms with van der Waals surface area (Å²) in [5.41, 5.74) is 9.59. The fraction of sp³-hybridized carbons (Fsp3) is 0.0952. The van der Waals surface area contributed by atoms with Gasteiger partial charge in [0, 0.05) is 44.3 Å². The molecule has 0 bridgehead atoms.